The smallest absolute Gasteiger partial charge is 0.303 e. The van der Waals surface area contributed by atoms with E-state index in [1.54, 1.807) is 0 Å². The summed E-state index contributed by atoms with van der Waals surface area (Å²) >= 11 is 13.5. The number of hydrogen-bond donors (Lipinski definition) is 1. The van der Waals surface area contributed by atoms with Gasteiger partial charge in [-0.2, -0.15) is 0 Å². The number of aryl methyl sites for hydroxylation is 2. The highest BCUT2D eigenvalue weighted by Gasteiger charge is 2.24. The number of halogens is 2. The van der Waals surface area contributed by atoms with Crippen LogP contribution in [0.15, 0.2) is 43.1 Å². The van der Waals surface area contributed by atoms with Gasteiger partial charge in [-0.25, -0.2) is 0 Å². The molecule has 6 heteroatoms. The molecular weight excluding hydrogens is 443 g/mol. The Kier molecular flexibility index (Phi) is 6.55. The number of likely N-dealkylation sites (tertiary alicyclic amines) is 1. The third-order valence-electron chi connectivity index (χ3n) is 6.48. The quantitative estimate of drug-likeness (QED) is 0.432. The average molecular weight is 471 g/mol. The Hall–Kier alpha value is -2.43. The van der Waals surface area contributed by atoms with E-state index in [-0.39, 0.29) is 12.3 Å². The fraction of sp³-hybridized carbons (Fsp3) is 0.346. The number of aromatic nitrogens is 1. The van der Waals surface area contributed by atoms with Crippen LogP contribution >= 0.6 is 23.2 Å². The van der Waals surface area contributed by atoms with E-state index in [2.05, 4.69) is 54.3 Å². The predicted octanol–water partition coefficient (Wildman–Crippen LogP) is 6.77. The molecule has 1 fully saturated rings. The average Bonchev–Trinajstić information content (AvgIpc) is 3.13. The van der Waals surface area contributed by atoms with E-state index in [9.17, 15) is 4.79 Å². The molecule has 1 aliphatic rings. The Morgan fingerprint density at radius 2 is 1.88 bits per heavy atom. The zero-order chi connectivity index (χ0) is 23.0. The maximum absolute atomic E-state index is 11.0. The van der Waals surface area contributed by atoms with Crippen LogP contribution in [0.3, 0.4) is 0 Å². The fourth-order valence-corrected chi connectivity index (χ4v) is 5.45. The number of aliphatic carboxylic acids is 1. The zero-order valence-corrected chi connectivity index (χ0v) is 20.0. The Morgan fingerprint density at radius 3 is 2.56 bits per heavy atom. The molecule has 4 rings (SSSR count). The molecule has 32 heavy (non-hydrogen) atoms. The predicted molar refractivity (Wildman–Crippen MR) is 133 cm³/mol. The molecule has 0 unspecified atom stereocenters. The summed E-state index contributed by atoms with van der Waals surface area (Å²) in [5.41, 5.74) is 6.28. The van der Waals surface area contributed by atoms with Gasteiger partial charge in [0, 0.05) is 52.9 Å². The maximum Gasteiger partial charge on any atom is 0.303 e. The van der Waals surface area contributed by atoms with Crippen molar-refractivity contribution in [1.29, 1.82) is 0 Å². The molecule has 0 radical (unpaired) electrons. The fourth-order valence-electron chi connectivity index (χ4n) is 4.85. The van der Waals surface area contributed by atoms with Crippen LogP contribution in [0.2, 0.25) is 10.0 Å². The highest BCUT2D eigenvalue weighted by atomic mass is 35.5. The lowest BCUT2D eigenvalue weighted by molar-refractivity contribution is -0.138. The van der Waals surface area contributed by atoms with E-state index in [1.165, 1.54) is 22.0 Å². The monoisotopic (exact) mass is 470 g/mol. The van der Waals surface area contributed by atoms with E-state index >= 15 is 0 Å². The second-order valence-corrected chi connectivity index (χ2v) is 9.61. The number of carbonyl (C=O) groups is 1. The molecule has 2 aromatic carbocycles. The largest absolute Gasteiger partial charge is 0.481 e. The van der Waals surface area contributed by atoms with Crippen LogP contribution < -0.4 is 0 Å². The first-order valence-corrected chi connectivity index (χ1v) is 11.7. The van der Waals surface area contributed by atoms with Gasteiger partial charge in [-0.05, 0) is 62.4 Å². The van der Waals surface area contributed by atoms with Gasteiger partial charge < -0.3 is 14.6 Å². The van der Waals surface area contributed by atoms with Gasteiger partial charge in [0.15, 0.2) is 0 Å². The number of rotatable bonds is 6. The second kappa shape index (κ2) is 9.21. The molecule has 1 aliphatic heterocycles. The molecule has 0 bridgehead atoms. The van der Waals surface area contributed by atoms with Crippen molar-refractivity contribution in [1.82, 2.24) is 9.47 Å². The zero-order valence-electron chi connectivity index (χ0n) is 18.5. The molecule has 2 heterocycles. The van der Waals surface area contributed by atoms with Gasteiger partial charge in [-0.15, -0.1) is 0 Å². The van der Waals surface area contributed by atoms with E-state index in [1.807, 2.05) is 12.1 Å². The van der Waals surface area contributed by atoms with Crippen molar-refractivity contribution in [3.05, 3.63) is 75.4 Å². The molecule has 4 nitrogen and oxygen atoms in total. The first-order valence-electron chi connectivity index (χ1n) is 10.9. The van der Waals surface area contributed by atoms with Crippen molar-refractivity contribution in [2.75, 3.05) is 13.1 Å². The summed E-state index contributed by atoms with van der Waals surface area (Å²) in [4.78, 5) is 13.2. The van der Waals surface area contributed by atoms with Crippen LogP contribution in [-0.2, 0) is 11.3 Å². The van der Waals surface area contributed by atoms with Crippen LogP contribution in [-0.4, -0.2) is 33.6 Å². The topological polar surface area (TPSA) is 45.5 Å². The minimum absolute atomic E-state index is 0.224. The van der Waals surface area contributed by atoms with Crippen LogP contribution in [0.1, 0.15) is 41.5 Å². The van der Waals surface area contributed by atoms with Gasteiger partial charge in [-0.3, -0.25) is 4.79 Å². The molecule has 3 aromatic rings. The number of carboxylic acids is 1. The first-order chi connectivity index (χ1) is 15.2. The third-order valence-corrected chi connectivity index (χ3v) is 7.27. The minimum atomic E-state index is -0.726. The summed E-state index contributed by atoms with van der Waals surface area (Å²) in [5.74, 6) is -0.503. The van der Waals surface area contributed by atoms with Crippen LogP contribution in [0.4, 0.5) is 0 Å². The molecular formula is C26H28Cl2N2O2. The molecule has 1 aromatic heterocycles. The molecule has 1 saturated heterocycles. The van der Waals surface area contributed by atoms with Crippen molar-refractivity contribution in [2.45, 2.75) is 39.7 Å². The highest BCUT2D eigenvalue weighted by Crippen LogP contribution is 2.36. The van der Waals surface area contributed by atoms with Crippen LogP contribution in [0.25, 0.3) is 16.6 Å². The summed E-state index contributed by atoms with van der Waals surface area (Å²) in [7, 11) is 0. The Bertz CT molecular complexity index is 1190. The van der Waals surface area contributed by atoms with E-state index in [0.717, 1.165) is 42.8 Å². The molecule has 0 atom stereocenters. The Morgan fingerprint density at radius 1 is 1.16 bits per heavy atom. The molecule has 168 valence electrons. The number of fused-ring (bicyclic) bond motifs is 1. The lowest BCUT2D eigenvalue weighted by Gasteiger charge is -2.35. The maximum atomic E-state index is 11.0. The van der Waals surface area contributed by atoms with Crippen LogP contribution in [0.5, 0.6) is 0 Å². The van der Waals surface area contributed by atoms with Gasteiger partial charge in [0.2, 0.25) is 0 Å². The molecule has 0 saturated carbocycles. The summed E-state index contributed by atoms with van der Waals surface area (Å²) in [5, 5.41) is 11.5. The number of piperidine rings is 1. The number of hydrogen-bond acceptors (Lipinski definition) is 2. The lowest BCUT2D eigenvalue weighted by atomic mass is 9.93. The number of benzene rings is 2. The lowest BCUT2D eigenvalue weighted by Crippen LogP contribution is -2.33. The van der Waals surface area contributed by atoms with Crippen molar-refractivity contribution in [2.24, 2.45) is 5.92 Å². The first kappa shape index (κ1) is 22.8. The normalized spacial score (nSPS) is 14.8. The van der Waals surface area contributed by atoms with E-state index < -0.39 is 5.97 Å². The minimum Gasteiger partial charge on any atom is -0.481 e. The second-order valence-electron chi connectivity index (χ2n) is 8.83. The van der Waals surface area contributed by atoms with E-state index in [0.29, 0.717) is 16.6 Å². The van der Waals surface area contributed by atoms with Gasteiger partial charge >= 0.3 is 5.97 Å². The van der Waals surface area contributed by atoms with Gasteiger partial charge in [0.25, 0.3) is 0 Å². The van der Waals surface area contributed by atoms with Gasteiger partial charge in [0.05, 0.1) is 17.1 Å². The summed E-state index contributed by atoms with van der Waals surface area (Å²) in [6, 6.07) is 10.3. The Labute approximate surface area is 199 Å². The summed E-state index contributed by atoms with van der Waals surface area (Å²) in [6.07, 6.45) is 4.00. The summed E-state index contributed by atoms with van der Waals surface area (Å²) in [6.45, 7) is 10.7. The molecule has 0 aliphatic carbocycles. The Balaban J connectivity index is 1.59. The van der Waals surface area contributed by atoms with Gasteiger partial charge in [0.1, 0.15) is 0 Å². The van der Waals surface area contributed by atoms with E-state index in [4.69, 9.17) is 28.3 Å². The standard InChI is InChI=1S/C26H28Cl2N2O2/c1-16-12-17(2)26-20(13-16)8-11-30(26)15-22-23(27)5-4-21(25(22)28)18(3)29-9-6-19(7-10-29)14-24(31)32/h4-5,8,11-13,19H,3,6-7,9-10,14-15H2,1-2H3,(H,31,32). The SMILES string of the molecule is C=C(c1ccc(Cl)c(Cn2ccc3cc(C)cc(C)c32)c1Cl)N1CCC(CC(=O)O)CC1. The van der Waals surface area contributed by atoms with Crippen LogP contribution in [0, 0.1) is 19.8 Å². The van der Waals surface area contributed by atoms with Crippen molar-refractivity contribution in [3.63, 3.8) is 0 Å². The number of nitrogens with zero attached hydrogens (tertiary/aromatic N) is 2. The molecule has 0 amide bonds. The number of carboxylic acid groups (broad SMARTS) is 1. The van der Waals surface area contributed by atoms with Crippen molar-refractivity contribution >= 4 is 45.8 Å². The summed E-state index contributed by atoms with van der Waals surface area (Å²) < 4.78 is 2.20. The molecule has 0 spiro atoms. The highest BCUT2D eigenvalue weighted by molar-refractivity contribution is 6.37. The van der Waals surface area contributed by atoms with Crippen molar-refractivity contribution in [3.8, 4) is 0 Å². The third kappa shape index (κ3) is 4.53. The van der Waals surface area contributed by atoms with Gasteiger partial charge in [-0.1, -0.05) is 41.4 Å². The molecule has 1 N–H and O–H groups in total. The van der Waals surface area contributed by atoms with Crippen molar-refractivity contribution < 1.29 is 9.90 Å².